The summed E-state index contributed by atoms with van der Waals surface area (Å²) in [7, 11) is 4.76. The first-order valence-corrected chi connectivity index (χ1v) is 19.0. The fourth-order valence-electron chi connectivity index (χ4n) is 8.07. The molecule has 0 aromatic heterocycles. The normalized spacial score (nSPS) is 16.9. The third-order valence-corrected chi connectivity index (χ3v) is 10.7. The van der Waals surface area contributed by atoms with E-state index in [4.69, 9.17) is 28.9 Å². The minimum Gasteiger partial charge on any atom is -0.493 e. The van der Waals surface area contributed by atoms with Gasteiger partial charge >= 0.3 is 0 Å². The van der Waals surface area contributed by atoms with Crippen molar-refractivity contribution in [3.63, 3.8) is 0 Å². The maximum absolute atomic E-state index is 13.9. The Labute approximate surface area is 334 Å². The summed E-state index contributed by atoms with van der Waals surface area (Å²) in [5.74, 6) is 1.06. The summed E-state index contributed by atoms with van der Waals surface area (Å²) in [6, 6.07) is 27.8. The van der Waals surface area contributed by atoms with Gasteiger partial charge in [-0.2, -0.15) is 0 Å². The highest BCUT2D eigenvalue weighted by molar-refractivity contribution is 6.16. The average Bonchev–Trinajstić information content (AvgIpc) is 3.73. The van der Waals surface area contributed by atoms with Gasteiger partial charge in [-0.05, 0) is 71.8 Å². The second kappa shape index (κ2) is 15.2. The van der Waals surface area contributed by atoms with Crippen LogP contribution in [-0.4, -0.2) is 70.0 Å². The molecule has 4 aliphatic rings. The lowest BCUT2D eigenvalue weighted by Crippen LogP contribution is -2.37. The number of likely N-dealkylation sites (N-methyl/N-ethyl adjacent to an activating group) is 1. The molecule has 0 radical (unpaired) electrons. The van der Waals surface area contributed by atoms with Crippen molar-refractivity contribution < 1.29 is 33.3 Å². The van der Waals surface area contributed by atoms with E-state index < -0.39 is 0 Å². The van der Waals surface area contributed by atoms with Crippen LogP contribution >= 0.6 is 0 Å². The molecule has 5 aromatic rings. The summed E-state index contributed by atoms with van der Waals surface area (Å²) in [5, 5.41) is 5.81. The second-order valence-corrected chi connectivity index (χ2v) is 14.4. The summed E-state index contributed by atoms with van der Waals surface area (Å²) in [6.07, 6.45) is 5.01. The zero-order chi connectivity index (χ0) is 39.9. The number of fused-ring (bicyclic) bond motifs is 8. The van der Waals surface area contributed by atoms with Crippen LogP contribution in [0.1, 0.15) is 43.0 Å². The lowest BCUT2D eigenvalue weighted by molar-refractivity contribution is -0.115. The molecular weight excluding hydrogens is 737 g/mol. The molecule has 0 spiro atoms. The molecule has 4 heterocycles. The number of aliphatic imine (C=N–C) groups is 2. The van der Waals surface area contributed by atoms with E-state index in [0.29, 0.717) is 64.0 Å². The van der Waals surface area contributed by atoms with Gasteiger partial charge in [0.25, 0.3) is 11.8 Å². The van der Waals surface area contributed by atoms with Gasteiger partial charge in [-0.3, -0.25) is 34.2 Å². The van der Waals surface area contributed by atoms with Gasteiger partial charge in [0.2, 0.25) is 5.91 Å². The highest BCUT2D eigenvalue weighted by Gasteiger charge is 2.38. The lowest BCUT2D eigenvalue weighted by atomic mass is 10.1. The quantitative estimate of drug-likeness (QED) is 0.153. The van der Waals surface area contributed by atoms with E-state index in [1.54, 1.807) is 41.1 Å². The average molecular weight is 777 g/mol. The van der Waals surface area contributed by atoms with Gasteiger partial charge in [0.05, 0.1) is 55.3 Å². The van der Waals surface area contributed by atoms with Crippen LogP contribution in [0.4, 0.5) is 28.4 Å². The maximum Gasteiger partial charge on any atom is 0.261 e. The summed E-state index contributed by atoms with van der Waals surface area (Å²) < 4.78 is 24.1. The van der Waals surface area contributed by atoms with Crippen molar-refractivity contribution in [1.82, 2.24) is 5.32 Å². The molecule has 0 saturated heterocycles. The number of anilines is 3. The zero-order valence-electron chi connectivity index (χ0n) is 32.2. The topological polar surface area (TPSA) is 143 Å². The Morgan fingerprint density at radius 1 is 0.672 bits per heavy atom. The number of nitrogens with zero attached hydrogens (tertiary/aromatic N) is 4. The summed E-state index contributed by atoms with van der Waals surface area (Å²) in [5.41, 5.74) is 7.81. The molecule has 13 nitrogen and oxygen atoms in total. The summed E-state index contributed by atoms with van der Waals surface area (Å²) >= 11 is 0. The molecule has 1 unspecified atom stereocenters. The molecule has 0 aliphatic carbocycles. The van der Waals surface area contributed by atoms with Crippen molar-refractivity contribution in [1.29, 1.82) is 0 Å². The number of para-hydroxylation sites is 2. The third-order valence-electron chi connectivity index (χ3n) is 10.7. The molecule has 0 fully saturated rings. The van der Waals surface area contributed by atoms with Gasteiger partial charge in [0.15, 0.2) is 23.0 Å². The van der Waals surface area contributed by atoms with Crippen LogP contribution in [-0.2, 0) is 30.8 Å². The first kappa shape index (κ1) is 36.6. The smallest absolute Gasteiger partial charge is 0.261 e. The number of hydrogen-bond acceptors (Lipinski definition) is 10. The highest BCUT2D eigenvalue weighted by atomic mass is 16.5. The maximum atomic E-state index is 13.9. The lowest BCUT2D eigenvalue weighted by Gasteiger charge is -2.22. The number of nitrogens with one attached hydrogen (secondary N) is 2. The summed E-state index contributed by atoms with van der Waals surface area (Å²) in [6.45, 7) is 0.312. The van der Waals surface area contributed by atoms with Gasteiger partial charge < -0.3 is 29.6 Å². The van der Waals surface area contributed by atoms with Gasteiger partial charge in [-0.25, -0.2) is 0 Å². The van der Waals surface area contributed by atoms with Crippen molar-refractivity contribution in [2.24, 2.45) is 9.98 Å². The molecule has 58 heavy (non-hydrogen) atoms. The monoisotopic (exact) mass is 776 g/mol. The van der Waals surface area contributed by atoms with Crippen molar-refractivity contribution in [2.45, 2.75) is 38.1 Å². The number of hydrogen-bond donors (Lipinski definition) is 2. The van der Waals surface area contributed by atoms with E-state index in [9.17, 15) is 14.4 Å². The molecule has 2 N–H and O–H groups in total. The van der Waals surface area contributed by atoms with Gasteiger partial charge in [0, 0.05) is 54.5 Å². The number of amides is 3. The molecule has 4 aliphatic heterocycles. The van der Waals surface area contributed by atoms with Crippen molar-refractivity contribution in [2.75, 3.05) is 42.9 Å². The number of benzene rings is 5. The third kappa shape index (κ3) is 6.68. The first-order chi connectivity index (χ1) is 28.3. The van der Waals surface area contributed by atoms with Crippen LogP contribution < -0.4 is 39.4 Å². The van der Waals surface area contributed by atoms with E-state index in [1.807, 2.05) is 79.2 Å². The minimum atomic E-state index is -0.219. The predicted molar refractivity (Wildman–Crippen MR) is 221 cm³/mol. The molecule has 292 valence electrons. The van der Waals surface area contributed by atoms with Crippen LogP contribution in [0.15, 0.2) is 101 Å². The Balaban J connectivity index is 0.967. The van der Waals surface area contributed by atoms with E-state index in [-0.39, 0.29) is 49.6 Å². The van der Waals surface area contributed by atoms with Crippen LogP contribution in [0.5, 0.6) is 23.0 Å². The molecule has 5 aromatic carbocycles. The van der Waals surface area contributed by atoms with E-state index >= 15 is 0 Å². The van der Waals surface area contributed by atoms with Crippen molar-refractivity contribution in [3.05, 3.63) is 124 Å². The van der Waals surface area contributed by atoms with Gasteiger partial charge in [-0.1, -0.05) is 36.4 Å². The number of carbonyl (C=O) groups excluding carboxylic acids is 3. The second-order valence-electron chi connectivity index (χ2n) is 14.4. The van der Waals surface area contributed by atoms with Gasteiger partial charge in [0.1, 0.15) is 13.2 Å². The van der Waals surface area contributed by atoms with Crippen molar-refractivity contribution in [3.8, 4) is 23.0 Å². The Morgan fingerprint density at radius 3 is 1.62 bits per heavy atom. The Kier molecular flexibility index (Phi) is 9.58. The SMILES string of the molecule is CNCC(=O)Nc1cc(COc2cc3c(cc2OC)C(=O)N2c4ccccc4CC2C=N3)cc(COc2cc3c(cc2OC)C(=O)N2c4ccccc4C[C@H]2C=N3)c1. The first-order valence-electron chi connectivity index (χ1n) is 19.0. The Hall–Kier alpha value is -6.99. The molecule has 3 amide bonds. The fourth-order valence-corrected chi connectivity index (χ4v) is 8.07. The van der Waals surface area contributed by atoms with Crippen molar-refractivity contribution >= 4 is 58.6 Å². The fraction of sp³-hybridized carbons (Fsp3) is 0.222. The molecule has 9 rings (SSSR count). The minimum absolute atomic E-state index is 0.0947. The largest absolute Gasteiger partial charge is 0.493 e. The Bertz CT molecular complexity index is 2390. The number of ether oxygens (including phenoxy) is 4. The van der Waals surface area contributed by atoms with Crippen LogP contribution in [0, 0.1) is 0 Å². The van der Waals surface area contributed by atoms with E-state index in [0.717, 1.165) is 33.6 Å². The molecule has 13 heteroatoms. The molecule has 0 bridgehead atoms. The number of carbonyl (C=O) groups is 3. The van der Waals surface area contributed by atoms with E-state index in [2.05, 4.69) is 10.6 Å². The molecular formula is C45H40N6O7. The van der Waals surface area contributed by atoms with E-state index in [1.165, 1.54) is 14.2 Å². The van der Waals surface area contributed by atoms with Gasteiger partial charge in [-0.15, -0.1) is 0 Å². The standard InChI is InChI=1S/C45H40N6O7/c1-46-23-43(52)49-30-13-26(24-57-41-19-35-33(17-39(41)55-2)44(53)50-31(21-47-35)15-28-8-4-6-10-37(28)50)12-27(14-30)25-58-42-20-36-34(18-40(42)56-3)45(54)51-32(22-48-36)16-29-9-5-7-11-38(29)51/h4-14,17-22,31-32,46H,15-16,23-25H2,1-3H3,(H,49,52)/t31-,32?/m0/s1. The molecule has 0 saturated carbocycles. The zero-order valence-corrected chi connectivity index (χ0v) is 32.2. The Morgan fingerprint density at radius 2 is 1.16 bits per heavy atom. The molecule has 2 atom stereocenters. The van der Waals surface area contributed by atoms with Crippen LogP contribution in [0.3, 0.4) is 0 Å². The summed E-state index contributed by atoms with van der Waals surface area (Å²) in [4.78, 5) is 53.5. The number of rotatable bonds is 11. The number of methoxy groups -OCH3 is 2. The van der Waals surface area contributed by atoms with Crippen LogP contribution in [0.2, 0.25) is 0 Å². The highest BCUT2D eigenvalue weighted by Crippen LogP contribution is 2.43. The predicted octanol–water partition coefficient (Wildman–Crippen LogP) is 6.59. The van der Waals surface area contributed by atoms with Crippen LogP contribution in [0.25, 0.3) is 0 Å².